The Morgan fingerprint density at radius 1 is 1.21 bits per heavy atom. The average molecular weight is 202 g/mol. The first-order chi connectivity index (χ1) is 6.75. The topological polar surface area (TPSA) is 0 Å². The zero-order valence-electron chi connectivity index (χ0n) is 8.63. The van der Waals surface area contributed by atoms with Crippen molar-refractivity contribution >= 4 is 21.4 Å². The summed E-state index contributed by atoms with van der Waals surface area (Å²) in [6, 6.07) is 6.85. The molecule has 3 rings (SSSR count). The van der Waals surface area contributed by atoms with Crippen molar-refractivity contribution in [1.29, 1.82) is 0 Å². The summed E-state index contributed by atoms with van der Waals surface area (Å²) >= 11 is 1.96. The lowest BCUT2D eigenvalue weighted by molar-refractivity contribution is 1.12. The number of hydrogen-bond acceptors (Lipinski definition) is 1. The van der Waals surface area contributed by atoms with Crippen LogP contribution < -0.4 is 0 Å². The van der Waals surface area contributed by atoms with Crippen LogP contribution in [0.25, 0.3) is 10.1 Å². The van der Waals surface area contributed by atoms with Crippen molar-refractivity contribution in [2.24, 2.45) is 0 Å². The molecule has 1 heterocycles. The van der Waals surface area contributed by atoms with E-state index in [1.165, 1.54) is 28.7 Å². The van der Waals surface area contributed by atoms with Gasteiger partial charge < -0.3 is 0 Å². The van der Waals surface area contributed by atoms with Gasteiger partial charge >= 0.3 is 0 Å². The van der Waals surface area contributed by atoms with E-state index in [1.807, 2.05) is 11.3 Å². The van der Waals surface area contributed by atoms with Gasteiger partial charge in [-0.2, -0.15) is 0 Å². The molecule has 72 valence electrons. The molecular formula is C13H14S. The molecular weight excluding hydrogens is 188 g/mol. The number of aryl methyl sites for hydroxylation is 2. The molecule has 0 aliphatic heterocycles. The fourth-order valence-corrected chi connectivity index (χ4v) is 3.42. The third-order valence-electron chi connectivity index (χ3n) is 3.05. The van der Waals surface area contributed by atoms with E-state index >= 15 is 0 Å². The molecule has 0 atom stereocenters. The van der Waals surface area contributed by atoms with Gasteiger partial charge in [0.2, 0.25) is 0 Å². The highest BCUT2D eigenvalue weighted by molar-refractivity contribution is 7.19. The third kappa shape index (κ3) is 1.19. The predicted molar refractivity (Wildman–Crippen MR) is 63.3 cm³/mol. The lowest BCUT2D eigenvalue weighted by Crippen LogP contribution is -1.84. The molecule has 0 radical (unpaired) electrons. The minimum absolute atomic E-state index is 0.872. The summed E-state index contributed by atoms with van der Waals surface area (Å²) in [5.74, 6) is 0.872. The van der Waals surface area contributed by atoms with Crippen LogP contribution in [-0.4, -0.2) is 0 Å². The highest BCUT2D eigenvalue weighted by atomic mass is 32.1. The minimum Gasteiger partial charge on any atom is -0.140 e. The van der Waals surface area contributed by atoms with Crippen LogP contribution in [0.5, 0.6) is 0 Å². The summed E-state index contributed by atoms with van der Waals surface area (Å²) in [7, 11) is 0. The Labute approximate surface area is 88.6 Å². The second-order valence-corrected chi connectivity index (χ2v) is 5.60. The number of thiophene rings is 1. The smallest absolute Gasteiger partial charge is 0.0383 e. The number of benzene rings is 1. The summed E-state index contributed by atoms with van der Waals surface area (Å²) in [5.41, 5.74) is 3.13. The van der Waals surface area contributed by atoms with E-state index in [-0.39, 0.29) is 0 Å². The fraction of sp³-hybridized carbons (Fsp3) is 0.385. The second-order valence-electron chi connectivity index (χ2n) is 4.35. The Morgan fingerprint density at radius 3 is 2.71 bits per heavy atom. The second kappa shape index (κ2) is 2.83. The van der Waals surface area contributed by atoms with Gasteiger partial charge in [0, 0.05) is 9.58 Å². The maximum Gasteiger partial charge on any atom is 0.0383 e. The van der Waals surface area contributed by atoms with Crippen LogP contribution in [0.15, 0.2) is 18.2 Å². The van der Waals surface area contributed by atoms with Crippen molar-refractivity contribution in [2.45, 2.75) is 32.6 Å². The van der Waals surface area contributed by atoms with Crippen LogP contribution in [-0.2, 0) is 0 Å². The van der Waals surface area contributed by atoms with Gasteiger partial charge in [-0.1, -0.05) is 12.1 Å². The summed E-state index contributed by atoms with van der Waals surface area (Å²) in [5, 5.41) is 1.44. The SMILES string of the molecule is Cc1cc2ccc(C)c(C3CC3)c2s1. The lowest BCUT2D eigenvalue weighted by Gasteiger charge is -2.04. The largest absolute Gasteiger partial charge is 0.140 e. The molecule has 0 spiro atoms. The van der Waals surface area contributed by atoms with Gasteiger partial charge in [0.15, 0.2) is 0 Å². The minimum atomic E-state index is 0.872. The Bertz CT molecular complexity index is 489. The molecule has 1 heteroatoms. The van der Waals surface area contributed by atoms with E-state index in [2.05, 4.69) is 32.0 Å². The summed E-state index contributed by atoms with van der Waals surface area (Å²) < 4.78 is 1.55. The Hall–Kier alpha value is -0.820. The molecule has 0 saturated heterocycles. The Balaban J connectivity index is 2.35. The molecule has 0 nitrogen and oxygen atoms in total. The van der Waals surface area contributed by atoms with Gasteiger partial charge in [0.25, 0.3) is 0 Å². The first kappa shape index (κ1) is 8.49. The Kier molecular flexibility index (Phi) is 1.72. The average Bonchev–Trinajstić information content (AvgIpc) is 2.88. The molecule has 1 aliphatic rings. The molecule has 1 aromatic heterocycles. The monoisotopic (exact) mass is 202 g/mol. The van der Waals surface area contributed by atoms with E-state index in [1.54, 1.807) is 10.3 Å². The van der Waals surface area contributed by atoms with Crippen LogP contribution in [0.4, 0.5) is 0 Å². The number of hydrogen-bond donors (Lipinski definition) is 0. The lowest BCUT2D eigenvalue weighted by atomic mass is 10.0. The molecule has 1 saturated carbocycles. The van der Waals surface area contributed by atoms with Gasteiger partial charge in [-0.25, -0.2) is 0 Å². The van der Waals surface area contributed by atoms with Crippen LogP contribution >= 0.6 is 11.3 Å². The van der Waals surface area contributed by atoms with Crippen LogP contribution in [0, 0.1) is 13.8 Å². The Morgan fingerprint density at radius 2 is 2.00 bits per heavy atom. The van der Waals surface area contributed by atoms with Crippen molar-refractivity contribution < 1.29 is 0 Å². The number of rotatable bonds is 1. The highest BCUT2D eigenvalue weighted by Crippen LogP contribution is 2.46. The summed E-state index contributed by atoms with van der Waals surface area (Å²) in [4.78, 5) is 1.44. The standard InChI is InChI=1S/C13H14S/c1-8-3-4-11-7-9(2)14-13(11)12(8)10-5-6-10/h3-4,7,10H,5-6H2,1-2H3. The molecule has 0 unspecified atom stereocenters. The van der Waals surface area contributed by atoms with E-state index in [0.717, 1.165) is 5.92 Å². The molecule has 1 aliphatic carbocycles. The normalized spacial score (nSPS) is 16.4. The van der Waals surface area contributed by atoms with E-state index in [9.17, 15) is 0 Å². The van der Waals surface area contributed by atoms with Gasteiger partial charge in [0.05, 0.1) is 0 Å². The first-order valence-corrected chi connectivity index (χ1v) is 6.07. The van der Waals surface area contributed by atoms with Gasteiger partial charge in [-0.15, -0.1) is 11.3 Å². The molecule has 1 aromatic carbocycles. The van der Waals surface area contributed by atoms with Crippen LogP contribution in [0.2, 0.25) is 0 Å². The molecule has 1 fully saturated rings. The van der Waals surface area contributed by atoms with Crippen molar-refractivity contribution in [3.8, 4) is 0 Å². The zero-order chi connectivity index (χ0) is 9.71. The van der Waals surface area contributed by atoms with E-state index < -0.39 is 0 Å². The van der Waals surface area contributed by atoms with Gasteiger partial charge in [0.1, 0.15) is 0 Å². The zero-order valence-corrected chi connectivity index (χ0v) is 9.45. The van der Waals surface area contributed by atoms with Gasteiger partial charge in [-0.05, 0) is 55.2 Å². The predicted octanol–water partition coefficient (Wildman–Crippen LogP) is 4.40. The van der Waals surface area contributed by atoms with Crippen LogP contribution in [0.3, 0.4) is 0 Å². The first-order valence-electron chi connectivity index (χ1n) is 5.25. The van der Waals surface area contributed by atoms with Crippen molar-refractivity contribution in [3.63, 3.8) is 0 Å². The molecule has 0 bridgehead atoms. The van der Waals surface area contributed by atoms with Crippen molar-refractivity contribution in [1.82, 2.24) is 0 Å². The third-order valence-corrected chi connectivity index (χ3v) is 4.15. The summed E-state index contributed by atoms with van der Waals surface area (Å²) in [6.07, 6.45) is 2.80. The van der Waals surface area contributed by atoms with Crippen molar-refractivity contribution in [2.75, 3.05) is 0 Å². The number of fused-ring (bicyclic) bond motifs is 1. The highest BCUT2D eigenvalue weighted by Gasteiger charge is 2.27. The molecule has 0 amide bonds. The summed E-state index contributed by atoms with van der Waals surface area (Å²) in [6.45, 7) is 4.46. The van der Waals surface area contributed by atoms with Crippen molar-refractivity contribution in [3.05, 3.63) is 34.2 Å². The molecule has 2 aromatic rings. The van der Waals surface area contributed by atoms with E-state index in [4.69, 9.17) is 0 Å². The molecule has 0 N–H and O–H groups in total. The van der Waals surface area contributed by atoms with Gasteiger partial charge in [-0.3, -0.25) is 0 Å². The quantitative estimate of drug-likeness (QED) is 0.643. The maximum absolute atomic E-state index is 2.31. The van der Waals surface area contributed by atoms with Crippen LogP contribution in [0.1, 0.15) is 34.8 Å². The maximum atomic E-state index is 2.31. The fourth-order valence-electron chi connectivity index (χ4n) is 2.23. The molecule has 14 heavy (non-hydrogen) atoms. The van der Waals surface area contributed by atoms with E-state index in [0.29, 0.717) is 0 Å².